The minimum Gasteiger partial charge on any atom is -0.494 e. The molecule has 1 atom stereocenters. The monoisotopic (exact) mass is 393 g/mol. The van der Waals surface area contributed by atoms with E-state index >= 15 is 0 Å². The molecule has 5 heteroatoms. The van der Waals surface area contributed by atoms with Crippen molar-refractivity contribution in [3.63, 3.8) is 0 Å². The Morgan fingerprint density at radius 2 is 2.00 bits per heavy atom. The fraction of sp³-hybridized carbons (Fsp3) is 0.368. The van der Waals surface area contributed by atoms with Crippen LogP contribution in [-0.2, 0) is 6.54 Å². The summed E-state index contributed by atoms with van der Waals surface area (Å²) in [4.78, 5) is 2.02. The van der Waals surface area contributed by atoms with Gasteiger partial charge in [-0.25, -0.2) is 0 Å². The molecule has 2 rings (SSSR count). The van der Waals surface area contributed by atoms with Crippen molar-refractivity contribution in [3.8, 4) is 5.75 Å². The van der Waals surface area contributed by atoms with E-state index in [0.717, 1.165) is 26.9 Å². The molecule has 0 fully saturated rings. The third kappa shape index (κ3) is 5.05. The van der Waals surface area contributed by atoms with Gasteiger partial charge < -0.3 is 14.9 Å². The highest BCUT2D eigenvalue weighted by Crippen LogP contribution is 2.30. The summed E-state index contributed by atoms with van der Waals surface area (Å²) in [6.07, 6.45) is -0.736. The molecule has 2 aromatic carbocycles. The molecule has 2 aromatic rings. The predicted octanol–water partition coefficient (Wildman–Crippen LogP) is 3.35. The van der Waals surface area contributed by atoms with Crippen molar-refractivity contribution in [1.29, 1.82) is 0 Å². The standard InChI is InChI=1S/C19H24BrNO3/c1-3-24-17-6-4-5-14(11-17)19(23)18-12-16(20)8-7-15(18)13-21(2)9-10-22/h4-8,11-12,19,22-23H,3,9-10,13H2,1-2H3. The van der Waals surface area contributed by atoms with Crippen LogP contribution < -0.4 is 4.74 Å². The van der Waals surface area contributed by atoms with Crippen LogP contribution in [0.25, 0.3) is 0 Å². The summed E-state index contributed by atoms with van der Waals surface area (Å²) in [6.45, 7) is 3.89. The lowest BCUT2D eigenvalue weighted by Gasteiger charge is -2.21. The zero-order chi connectivity index (χ0) is 17.5. The van der Waals surface area contributed by atoms with Gasteiger partial charge in [0.2, 0.25) is 0 Å². The van der Waals surface area contributed by atoms with Gasteiger partial charge in [0.1, 0.15) is 11.9 Å². The van der Waals surface area contributed by atoms with E-state index in [1.807, 2.05) is 61.3 Å². The number of aliphatic hydroxyl groups excluding tert-OH is 2. The molecule has 0 aliphatic carbocycles. The Hall–Kier alpha value is -1.40. The van der Waals surface area contributed by atoms with E-state index in [0.29, 0.717) is 19.7 Å². The fourth-order valence-corrected chi connectivity index (χ4v) is 3.00. The first-order valence-corrected chi connectivity index (χ1v) is 8.83. The zero-order valence-electron chi connectivity index (χ0n) is 14.1. The highest BCUT2D eigenvalue weighted by molar-refractivity contribution is 9.10. The highest BCUT2D eigenvalue weighted by atomic mass is 79.9. The number of rotatable bonds is 8. The van der Waals surface area contributed by atoms with E-state index in [4.69, 9.17) is 9.84 Å². The molecule has 0 saturated carbocycles. The predicted molar refractivity (Wildman–Crippen MR) is 99.2 cm³/mol. The largest absolute Gasteiger partial charge is 0.494 e. The topological polar surface area (TPSA) is 52.9 Å². The van der Waals surface area contributed by atoms with Gasteiger partial charge in [-0.2, -0.15) is 0 Å². The third-order valence-corrected chi connectivity index (χ3v) is 4.30. The minimum absolute atomic E-state index is 0.112. The maximum atomic E-state index is 10.9. The van der Waals surface area contributed by atoms with Gasteiger partial charge in [-0.15, -0.1) is 0 Å². The second-order valence-corrected chi connectivity index (χ2v) is 6.63. The van der Waals surface area contributed by atoms with Crippen molar-refractivity contribution in [2.75, 3.05) is 26.8 Å². The van der Waals surface area contributed by atoms with E-state index < -0.39 is 6.10 Å². The van der Waals surface area contributed by atoms with E-state index in [1.54, 1.807) is 0 Å². The second-order valence-electron chi connectivity index (χ2n) is 5.71. The number of halogens is 1. The van der Waals surface area contributed by atoms with Crippen molar-refractivity contribution >= 4 is 15.9 Å². The van der Waals surface area contributed by atoms with E-state index in [2.05, 4.69) is 15.9 Å². The van der Waals surface area contributed by atoms with Gasteiger partial charge in [0.05, 0.1) is 13.2 Å². The molecule has 24 heavy (non-hydrogen) atoms. The first-order chi connectivity index (χ1) is 11.5. The molecule has 0 amide bonds. The molecule has 0 spiro atoms. The Labute approximate surface area is 151 Å². The van der Waals surface area contributed by atoms with Gasteiger partial charge in [0, 0.05) is 17.6 Å². The van der Waals surface area contributed by atoms with Crippen LogP contribution in [0.3, 0.4) is 0 Å². The normalized spacial score (nSPS) is 12.4. The van der Waals surface area contributed by atoms with Gasteiger partial charge in [0.15, 0.2) is 0 Å². The Balaban J connectivity index is 2.32. The fourth-order valence-electron chi connectivity index (χ4n) is 2.63. The summed E-state index contributed by atoms with van der Waals surface area (Å²) in [5.41, 5.74) is 2.68. The lowest BCUT2D eigenvalue weighted by atomic mass is 9.96. The van der Waals surface area contributed by atoms with Gasteiger partial charge in [-0.1, -0.05) is 34.1 Å². The Kier molecular flexibility index (Phi) is 7.24. The molecule has 0 aliphatic heterocycles. The van der Waals surface area contributed by atoms with E-state index in [9.17, 15) is 5.11 Å². The molecule has 0 saturated heterocycles. The van der Waals surface area contributed by atoms with E-state index in [1.165, 1.54) is 0 Å². The first-order valence-electron chi connectivity index (χ1n) is 8.03. The average molecular weight is 394 g/mol. The summed E-state index contributed by atoms with van der Waals surface area (Å²) >= 11 is 3.48. The molecular weight excluding hydrogens is 370 g/mol. The summed E-state index contributed by atoms with van der Waals surface area (Å²) in [5.74, 6) is 0.753. The molecule has 4 nitrogen and oxygen atoms in total. The number of nitrogens with zero attached hydrogens (tertiary/aromatic N) is 1. The van der Waals surface area contributed by atoms with Crippen LogP contribution in [0.15, 0.2) is 46.9 Å². The zero-order valence-corrected chi connectivity index (χ0v) is 15.7. The van der Waals surface area contributed by atoms with Crippen LogP contribution >= 0.6 is 15.9 Å². The molecule has 2 N–H and O–H groups in total. The SMILES string of the molecule is CCOc1cccc(C(O)c2cc(Br)ccc2CN(C)CCO)c1. The number of aliphatic hydroxyl groups is 2. The lowest BCUT2D eigenvalue weighted by molar-refractivity contribution is 0.206. The van der Waals surface area contributed by atoms with Crippen LogP contribution in [-0.4, -0.2) is 41.9 Å². The summed E-state index contributed by atoms with van der Waals surface area (Å²) in [6, 6.07) is 13.5. The number of ether oxygens (including phenoxy) is 1. The third-order valence-electron chi connectivity index (χ3n) is 3.81. The maximum absolute atomic E-state index is 10.9. The smallest absolute Gasteiger partial charge is 0.119 e. The molecule has 0 radical (unpaired) electrons. The van der Waals surface area contributed by atoms with Gasteiger partial charge in [-0.05, 0) is 54.9 Å². The quantitative estimate of drug-likeness (QED) is 0.721. The lowest BCUT2D eigenvalue weighted by Crippen LogP contribution is -2.22. The number of likely N-dealkylation sites (N-methyl/N-ethyl adjacent to an activating group) is 1. The Bertz CT molecular complexity index is 663. The second kappa shape index (κ2) is 9.18. The van der Waals surface area contributed by atoms with Crippen molar-refractivity contribution in [2.24, 2.45) is 0 Å². The van der Waals surface area contributed by atoms with Crippen LogP contribution in [0.1, 0.15) is 29.7 Å². The molecule has 0 aliphatic rings. The van der Waals surface area contributed by atoms with Crippen molar-refractivity contribution < 1.29 is 14.9 Å². The average Bonchev–Trinajstić information content (AvgIpc) is 2.56. The minimum atomic E-state index is -0.736. The summed E-state index contributed by atoms with van der Waals surface area (Å²) in [7, 11) is 1.95. The molecule has 0 aromatic heterocycles. The van der Waals surface area contributed by atoms with Crippen LogP contribution in [0.2, 0.25) is 0 Å². The number of hydrogen-bond acceptors (Lipinski definition) is 4. The van der Waals surface area contributed by atoms with Crippen molar-refractivity contribution in [2.45, 2.75) is 19.6 Å². The molecule has 130 valence electrons. The Morgan fingerprint density at radius 3 is 2.71 bits per heavy atom. The maximum Gasteiger partial charge on any atom is 0.119 e. The van der Waals surface area contributed by atoms with Crippen LogP contribution in [0, 0.1) is 0 Å². The highest BCUT2D eigenvalue weighted by Gasteiger charge is 2.17. The molecule has 0 heterocycles. The molecule has 1 unspecified atom stereocenters. The first kappa shape index (κ1) is 18.9. The van der Waals surface area contributed by atoms with Gasteiger partial charge in [0.25, 0.3) is 0 Å². The van der Waals surface area contributed by atoms with E-state index in [-0.39, 0.29) is 6.61 Å². The number of hydrogen-bond donors (Lipinski definition) is 2. The van der Waals surface area contributed by atoms with Crippen LogP contribution in [0.4, 0.5) is 0 Å². The summed E-state index contributed by atoms with van der Waals surface area (Å²) in [5, 5.41) is 20.0. The number of benzene rings is 2. The van der Waals surface area contributed by atoms with Crippen LogP contribution in [0.5, 0.6) is 5.75 Å². The van der Waals surface area contributed by atoms with Gasteiger partial charge >= 0.3 is 0 Å². The van der Waals surface area contributed by atoms with Gasteiger partial charge in [-0.3, -0.25) is 4.90 Å². The van der Waals surface area contributed by atoms with Crippen molar-refractivity contribution in [1.82, 2.24) is 4.90 Å². The van der Waals surface area contributed by atoms with Crippen molar-refractivity contribution in [3.05, 3.63) is 63.6 Å². The molecular formula is C19H24BrNO3. The summed E-state index contributed by atoms with van der Waals surface area (Å²) < 4.78 is 6.45. The Morgan fingerprint density at radius 1 is 1.21 bits per heavy atom. The molecule has 0 bridgehead atoms.